The Hall–Kier alpha value is -1.42. The van der Waals surface area contributed by atoms with Gasteiger partial charge in [-0.15, -0.1) is 0 Å². The van der Waals surface area contributed by atoms with Crippen molar-refractivity contribution in [3.63, 3.8) is 0 Å². The molecule has 0 amide bonds. The molecule has 1 heterocycles. The summed E-state index contributed by atoms with van der Waals surface area (Å²) >= 11 is 3.25. The first kappa shape index (κ1) is 13.0. The van der Waals surface area contributed by atoms with Crippen LogP contribution in [0.1, 0.15) is 5.56 Å². The first-order valence-electron chi connectivity index (χ1n) is 5.66. The lowest BCUT2D eigenvalue weighted by atomic mass is 10.2. The lowest BCUT2D eigenvalue weighted by Gasteiger charge is -2.10. The normalized spacial score (nSPS) is 10.4. The summed E-state index contributed by atoms with van der Waals surface area (Å²) < 4.78 is 16.4. The molecule has 18 heavy (non-hydrogen) atoms. The highest BCUT2D eigenvalue weighted by Crippen LogP contribution is 2.15. The van der Waals surface area contributed by atoms with Crippen LogP contribution in [-0.2, 0) is 6.54 Å². The van der Waals surface area contributed by atoms with Gasteiger partial charge in [0.25, 0.3) is 0 Å². The molecule has 0 saturated carbocycles. The molecule has 2 aromatic rings. The van der Waals surface area contributed by atoms with Crippen molar-refractivity contribution in [2.24, 2.45) is 0 Å². The molecule has 0 unspecified atom stereocenters. The molecule has 2 nitrogen and oxygen atoms in total. The van der Waals surface area contributed by atoms with Gasteiger partial charge in [-0.2, -0.15) is 0 Å². The topological polar surface area (TPSA) is 7.12 Å². The van der Waals surface area contributed by atoms with E-state index in [-0.39, 0.29) is 5.82 Å². The standard InChI is InChI=1S/C14H15BrFN2/c1-17(2)13-5-7-18(8-6-13)10-11-3-4-12(15)9-14(11)16/h3-9H,10H2,1-2H3/q+1. The van der Waals surface area contributed by atoms with Gasteiger partial charge in [0.1, 0.15) is 5.82 Å². The van der Waals surface area contributed by atoms with Crippen LogP contribution >= 0.6 is 15.9 Å². The molecule has 0 radical (unpaired) electrons. The lowest BCUT2D eigenvalue weighted by Crippen LogP contribution is -2.33. The molecule has 0 saturated heterocycles. The summed E-state index contributed by atoms with van der Waals surface area (Å²) in [6, 6.07) is 9.16. The number of rotatable bonds is 3. The zero-order valence-corrected chi connectivity index (χ0v) is 12.0. The Kier molecular flexibility index (Phi) is 3.97. The van der Waals surface area contributed by atoms with E-state index >= 15 is 0 Å². The van der Waals surface area contributed by atoms with Gasteiger partial charge in [0.2, 0.25) is 0 Å². The number of benzene rings is 1. The molecule has 0 atom stereocenters. The van der Waals surface area contributed by atoms with Crippen LogP contribution in [0, 0.1) is 5.82 Å². The van der Waals surface area contributed by atoms with Gasteiger partial charge < -0.3 is 4.90 Å². The SMILES string of the molecule is CN(C)c1cc[n+](Cc2ccc(Br)cc2F)cc1. The van der Waals surface area contributed by atoms with Crippen LogP contribution in [0.4, 0.5) is 10.1 Å². The highest BCUT2D eigenvalue weighted by molar-refractivity contribution is 9.10. The highest BCUT2D eigenvalue weighted by Gasteiger charge is 2.08. The molecular formula is C14H15BrFN2+. The summed E-state index contributed by atoms with van der Waals surface area (Å²) in [7, 11) is 3.99. The summed E-state index contributed by atoms with van der Waals surface area (Å²) in [5, 5.41) is 0. The molecule has 94 valence electrons. The maximum atomic E-state index is 13.7. The first-order valence-corrected chi connectivity index (χ1v) is 6.46. The molecule has 0 bridgehead atoms. The molecule has 4 heteroatoms. The van der Waals surface area contributed by atoms with Crippen molar-refractivity contribution < 1.29 is 8.96 Å². The van der Waals surface area contributed by atoms with Gasteiger partial charge in [-0.3, -0.25) is 0 Å². The van der Waals surface area contributed by atoms with Crippen molar-refractivity contribution in [2.45, 2.75) is 6.54 Å². The smallest absolute Gasteiger partial charge is 0.176 e. The van der Waals surface area contributed by atoms with E-state index < -0.39 is 0 Å². The molecule has 0 fully saturated rings. The molecule has 0 N–H and O–H groups in total. The van der Waals surface area contributed by atoms with Crippen molar-refractivity contribution in [3.8, 4) is 0 Å². The average Bonchev–Trinajstić information content (AvgIpc) is 2.33. The van der Waals surface area contributed by atoms with Crippen molar-refractivity contribution in [1.82, 2.24) is 0 Å². The highest BCUT2D eigenvalue weighted by atomic mass is 79.9. The fourth-order valence-corrected chi connectivity index (χ4v) is 2.03. The number of hydrogen-bond donors (Lipinski definition) is 0. The van der Waals surface area contributed by atoms with Crippen molar-refractivity contribution >= 4 is 21.6 Å². The first-order chi connectivity index (χ1) is 8.56. The zero-order chi connectivity index (χ0) is 13.1. The third-order valence-corrected chi connectivity index (χ3v) is 3.25. The number of hydrogen-bond acceptors (Lipinski definition) is 1. The Morgan fingerprint density at radius 3 is 2.39 bits per heavy atom. The minimum Gasteiger partial charge on any atom is -0.377 e. The minimum absolute atomic E-state index is 0.187. The van der Waals surface area contributed by atoms with E-state index in [1.165, 1.54) is 6.07 Å². The van der Waals surface area contributed by atoms with Gasteiger partial charge >= 0.3 is 0 Å². The zero-order valence-electron chi connectivity index (χ0n) is 10.4. The fraction of sp³-hybridized carbons (Fsp3) is 0.214. The van der Waals surface area contributed by atoms with E-state index in [4.69, 9.17) is 0 Å². The number of anilines is 1. The molecule has 2 rings (SSSR count). The van der Waals surface area contributed by atoms with Crippen molar-refractivity contribution in [3.05, 3.63) is 58.6 Å². The molecule has 1 aromatic heterocycles. The van der Waals surface area contributed by atoms with E-state index in [2.05, 4.69) is 15.9 Å². The monoisotopic (exact) mass is 309 g/mol. The summed E-state index contributed by atoms with van der Waals surface area (Å²) in [4.78, 5) is 2.03. The van der Waals surface area contributed by atoms with Crippen LogP contribution in [-0.4, -0.2) is 14.1 Å². The predicted molar refractivity (Wildman–Crippen MR) is 74.2 cm³/mol. The van der Waals surface area contributed by atoms with E-state index in [0.29, 0.717) is 12.1 Å². The van der Waals surface area contributed by atoms with Crippen LogP contribution in [0.2, 0.25) is 0 Å². The maximum absolute atomic E-state index is 13.7. The summed E-state index contributed by atoms with van der Waals surface area (Å²) in [5.74, 6) is -0.187. The van der Waals surface area contributed by atoms with Crippen LogP contribution in [0.5, 0.6) is 0 Å². The molecule has 0 aliphatic rings. The largest absolute Gasteiger partial charge is 0.377 e. The van der Waals surface area contributed by atoms with Gasteiger partial charge in [0.15, 0.2) is 18.9 Å². The number of pyridine rings is 1. The molecule has 0 spiro atoms. The maximum Gasteiger partial charge on any atom is 0.176 e. The Labute approximate surface area is 115 Å². The summed E-state index contributed by atoms with van der Waals surface area (Å²) in [6.07, 6.45) is 3.91. The Balaban J connectivity index is 2.18. The number of halogens is 2. The van der Waals surface area contributed by atoms with Crippen LogP contribution < -0.4 is 9.47 Å². The second-order valence-corrected chi connectivity index (χ2v) is 5.27. The summed E-state index contributed by atoms with van der Waals surface area (Å²) in [5.41, 5.74) is 1.81. The molecule has 0 aliphatic heterocycles. The van der Waals surface area contributed by atoms with Crippen molar-refractivity contribution in [2.75, 3.05) is 19.0 Å². The van der Waals surface area contributed by atoms with Gasteiger partial charge in [-0.05, 0) is 18.2 Å². The van der Waals surface area contributed by atoms with Crippen LogP contribution in [0.15, 0.2) is 47.2 Å². The second-order valence-electron chi connectivity index (χ2n) is 4.36. The van der Waals surface area contributed by atoms with E-state index in [9.17, 15) is 4.39 Å². The molecular weight excluding hydrogens is 295 g/mol. The lowest BCUT2D eigenvalue weighted by molar-refractivity contribution is -0.688. The fourth-order valence-electron chi connectivity index (χ4n) is 1.70. The Morgan fingerprint density at radius 1 is 1.17 bits per heavy atom. The van der Waals surface area contributed by atoms with E-state index in [1.54, 1.807) is 6.07 Å². The van der Waals surface area contributed by atoms with Gasteiger partial charge in [-0.25, -0.2) is 8.96 Å². The Bertz CT molecular complexity index is 538. The number of nitrogens with zero attached hydrogens (tertiary/aromatic N) is 2. The molecule has 1 aromatic carbocycles. The second kappa shape index (κ2) is 5.48. The molecule has 0 aliphatic carbocycles. The average molecular weight is 310 g/mol. The third-order valence-electron chi connectivity index (χ3n) is 2.76. The predicted octanol–water partition coefficient (Wildman–Crippen LogP) is 2.99. The van der Waals surface area contributed by atoms with Gasteiger partial charge in [-0.1, -0.05) is 15.9 Å². The van der Waals surface area contributed by atoms with Gasteiger partial charge in [0, 0.05) is 36.4 Å². The van der Waals surface area contributed by atoms with Crippen LogP contribution in [0.25, 0.3) is 0 Å². The Morgan fingerprint density at radius 2 is 1.83 bits per heavy atom. The van der Waals surface area contributed by atoms with Crippen LogP contribution in [0.3, 0.4) is 0 Å². The van der Waals surface area contributed by atoms with E-state index in [0.717, 1.165) is 10.2 Å². The summed E-state index contributed by atoms with van der Waals surface area (Å²) in [6.45, 7) is 0.535. The van der Waals surface area contributed by atoms with Gasteiger partial charge in [0.05, 0.1) is 5.56 Å². The quantitative estimate of drug-likeness (QED) is 0.791. The van der Waals surface area contributed by atoms with E-state index in [1.807, 2.05) is 54.2 Å². The minimum atomic E-state index is -0.187. The van der Waals surface area contributed by atoms with Crippen molar-refractivity contribution in [1.29, 1.82) is 0 Å². The third kappa shape index (κ3) is 3.07. The number of aromatic nitrogens is 1.